The van der Waals surface area contributed by atoms with Crippen LogP contribution in [0, 0.1) is 0 Å². The van der Waals surface area contributed by atoms with Gasteiger partial charge in [-0.05, 0) is 39.8 Å². The molecule has 1 rings (SSSR count). The molecule has 0 saturated carbocycles. The van der Waals surface area contributed by atoms with Gasteiger partial charge in [0.25, 0.3) is 0 Å². The molecule has 16 heavy (non-hydrogen) atoms. The number of carbonyl (C=O) groups is 1. The topological polar surface area (TPSA) is 83.3 Å². The van der Waals surface area contributed by atoms with E-state index < -0.39 is 17.0 Å². The van der Waals surface area contributed by atoms with Crippen LogP contribution in [-0.2, 0) is 15.8 Å². The molecule has 0 saturated heterocycles. The van der Waals surface area contributed by atoms with Gasteiger partial charge in [-0.2, -0.15) is 10.2 Å². The van der Waals surface area contributed by atoms with Crippen LogP contribution in [0.2, 0.25) is 0 Å². The SMILES string of the molecule is CC(C)(O)c1ccc(C(C)(C)C(=O)O)nn1. The molecule has 5 heteroatoms. The molecule has 0 fully saturated rings. The fourth-order valence-corrected chi connectivity index (χ4v) is 1.10. The van der Waals surface area contributed by atoms with Crippen LogP contribution >= 0.6 is 0 Å². The first-order chi connectivity index (χ1) is 7.15. The van der Waals surface area contributed by atoms with Crippen LogP contribution in [0.1, 0.15) is 39.1 Å². The molecule has 0 bridgehead atoms. The predicted molar refractivity (Wildman–Crippen MR) is 57.9 cm³/mol. The summed E-state index contributed by atoms with van der Waals surface area (Å²) in [6.45, 7) is 6.31. The number of aliphatic hydroxyl groups is 1. The van der Waals surface area contributed by atoms with Crippen LogP contribution in [0.25, 0.3) is 0 Å². The van der Waals surface area contributed by atoms with Crippen LogP contribution in [0.3, 0.4) is 0 Å². The molecule has 88 valence electrons. The first kappa shape index (κ1) is 12.6. The Bertz CT molecular complexity index is 391. The normalized spacial score (nSPS) is 12.6. The van der Waals surface area contributed by atoms with Crippen molar-refractivity contribution >= 4 is 5.97 Å². The smallest absolute Gasteiger partial charge is 0.315 e. The largest absolute Gasteiger partial charge is 0.481 e. The van der Waals surface area contributed by atoms with E-state index in [1.807, 2.05) is 0 Å². The number of carboxylic acids is 1. The van der Waals surface area contributed by atoms with Crippen molar-refractivity contribution in [3.63, 3.8) is 0 Å². The molecule has 0 unspecified atom stereocenters. The quantitative estimate of drug-likeness (QED) is 0.802. The number of nitrogens with zero attached hydrogens (tertiary/aromatic N) is 2. The lowest BCUT2D eigenvalue weighted by atomic mass is 9.89. The zero-order valence-corrected chi connectivity index (χ0v) is 9.85. The minimum Gasteiger partial charge on any atom is -0.481 e. The van der Waals surface area contributed by atoms with E-state index in [0.29, 0.717) is 11.4 Å². The molecule has 0 spiro atoms. The fraction of sp³-hybridized carbons (Fsp3) is 0.545. The lowest BCUT2D eigenvalue weighted by molar-refractivity contribution is -0.142. The van der Waals surface area contributed by atoms with Gasteiger partial charge in [-0.3, -0.25) is 4.79 Å². The van der Waals surface area contributed by atoms with Crippen molar-refractivity contribution in [1.82, 2.24) is 10.2 Å². The maximum atomic E-state index is 11.0. The molecule has 0 aliphatic heterocycles. The fourth-order valence-electron chi connectivity index (χ4n) is 1.10. The standard InChI is InChI=1S/C11H16N2O3/c1-10(2,9(14)15)7-5-6-8(13-12-7)11(3,4)16/h5-6,16H,1-4H3,(H,14,15). The van der Waals surface area contributed by atoms with Crippen LogP contribution in [0.15, 0.2) is 12.1 Å². The summed E-state index contributed by atoms with van der Waals surface area (Å²) in [6.07, 6.45) is 0. The highest BCUT2D eigenvalue weighted by Gasteiger charge is 2.32. The number of aliphatic carboxylic acids is 1. The van der Waals surface area contributed by atoms with Gasteiger partial charge in [0.2, 0.25) is 0 Å². The maximum Gasteiger partial charge on any atom is 0.315 e. The van der Waals surface area contributed by atoms with Gasteiger partial charge in [0.15, 0.2) is 0 Å². The van der Waals surface area contributed by atoms with Gasteiger partial charge in [0, 0.05) is 0 Å². The average Bonchev–Trinajstić information content (AvgIpc) is 2.16. The summed E-state index contributed by atoms with van der Waals surface area (Å²) in [7, 11) is 0. The highest BCUT2D eigenvalue weighted by Crippen LogP contribution is 2.23. The lowest BCUT2D eigenvalue weighted by Crippen LogP contribution is -2.30. The van der Waals surface area contributed by atoms with E-state index >= 15 is 0 Å². The van der Waals surface area contributed by atoms with Gasteiger partial charge < -0.3 is 10.2 Å². The highest BCUT2D eigenvalue weighted by atomic mass is 16.4. The summed E-state index contributed by atoms with van der Waals surface area (Å²) < 4.78 is 0. The Balaban J connectivity index is 3.09. The first-order valence-electron chi connectivity index (χ1n) is 4.96. The van der Waals surface area contributed by atoms with Gasteiger partial charge >= 0.3 is 5.97 Å². The zero-order valence-electron chi connectivity index (χ0n) is 9.85. The minimum atomic E-state index is -1.08. The van der Waals surface area contributed by atoms with Gasteiger partial charge in [0.1, 0.15) is 11.0 Å². The molecule has 1 aromatic rings. The summed E-state index contributed by atoms with van der Waals surface area (Å²) in [5.41, 5.74) is -1.37. The van der Waals surface area contributed by atoms with E-state index in [4.69, 9.17) is 5.11 Å². The summed E-state index contributed by atoms with van der Waals surface area (Å²) in [4.78, 5) is 11.0. The van der Waals surface area contributed by atoms with Crippen LogP contribution < -0.4 is 0 Å². The number of aromatic nitrogens is 2. The third kappa shape index (κ3) is 2.36. The van der Waals surface area contributed by atoms with Crippen molar-refractivity contribution in [3.05, 3.63) is 23.5 Å². The van der Waals surface area contributed by atoms with Crippen molar-refractivity contribution in [2.75, 3.05) is 0 Å². The number of carboxylic acid groups (broad SMARTS) is 1. The molecule has 0 aliphatic carbocycles. The molecule has 5 nitrogen and oxygen atoms in total. The van der Waals surface area contributed by atoms with Crippen molar-refractivity contribution in [1.29, 1.82) is 0 Å². The summed E-state index contributed by atoms with van der Waals surface area (Å²) in [6, 6.07) is 3.17. The van der Waals surface area contributed by atoms with Gasteiger partial charge in [-0.1, -0.05) is 0 Å². The van der Waals surface area contributed by atoms with E-state index in [-0.39, 0.29) is 0 Å². The highest BCUT2D eigenvalue weighted by molar-refractivity contribution is 5.79. The number of hydrogen-bond acceptors (Lipinski definition) is 4. The van der Waals surface area contributed by atoms with E-state index in [1.165, 1.54) is 0 Å². The Morgan fingerprint density at radius 2 is 1.56 bits per heavy atom. The first-order valence-corrected chi connectivity index (χ1v) is 4.96. The maximum absolute atomic E-state index is 11.0. The Morgan fingerprint density at radius 1 is 1.12 bits per heavy atom. The second-order valence-electron chi connectivity index (χ2n) is 4.79. The molecule has 1 heterocycles. The molecule has 0 aliphatic rings. The summed E-state index contributed by atoms with van der Waals surface area (Å²) in [5.74, 6) is -0.960. The van der Waals surface area contributed by atoms with E-state index in [1.54, 1.807) is 39.8 Å². The van der Waals surface area contributed by atoms with Gasteiger partial charge in [0.05, 0.1) is 11.4 Å². The Kier molecular flexibility index (Phi) is 3.01. The van der Waals surface area contributed by atoms with Crippen LogP contribution in [-0.4, -0.2) is 26.4 Å². The average molecular weight is 224 g/mol. The van der Waals surface area contributed by atoms with Crippen LogP contribution in [0.4, 0.5) is 0 Å². The van der Waals surface area contributed by atoms with E-state index in [9.17, 15) is 9.90 Å². The molecule has 0 aromatic carbocycles. The molecule has 0 atom stereocenters. The lowest BCUT2D eigenvalue weighted by Gasteiger charge is -2.20. The molecular weight excluding hydrogens is 208 g/mol. The van der Waals surface area contributed by atoms with Crippen molar-refractivity contribution in [2.45, 2.75) is 38.7 Å². The van der Waals surface area contributed by atoms with Crippen LogP contribution in [0.5, 0.6) is 0 Å². The monoisotopic (exact) mass is 224 g/mol. The number of hydrogen-bond donors (Lipinski definition) is 2. The third-order valence-corrected chi connectivity index (χ3v) is 2.47. The summed E-state index contributed by atoms with van der Waals surface area (Å²) in [5, 5.41) is 26.4. The Morgan fingerprint density at radius 3 is 1.88 bits per heavy atom. The second kappa shape index (κ2) is 3.83. The van der Waals surface area contributed by atoms with Crippen molar-refractivity contribution in [3.8, 4) is 0 Å². The van der Waals surface area contributed by atoms with Gasteiger partial charge in [-0.15, -0.1) is 0 Å². The Labute approximate surface area is 94.1 Å². The van der Waals surface area contributed by atoms with Crippen molar-refractivity contribution in [2.24, 2.45) is 0 Å². The predicted octanol–water partition coefficient (Wildman–Crippen LogP) is 1.07. The molecule has 2 N–H and O–H groups in total. The third-order valence-electron chi connectivity index (χ3n) is 2.47. The molecular formula is C11H16N2O3. The van der Waals surface area contributed by atoms with E-state index in [2.05, 4.69) is 10.2 Å². The zero-order chi connectivity index (χ0) is 12.6. The molecule has 0 radical (unpaired) electrons. The number of rotatable bonds is 3. The molecule has 1 aromatic heterocycles. The van der Waals surface area contributed by atoms with Crippen molar-refractivity contribution < 1.29 is 15.0 Å². The molecule has 0 amide bonds. The second-order valence-corrected chi connectivity index (χ2v) is 4.79. The minimum absolute atomic E-state index is 0.369. The summed E-state index contributed by atoms with van der Waals surface area (Å²) >= 11 is 0. The van der Waals surface area contributed by atoms with E-state index in [0.717, 1.165) is 0 Å². The Hall–Kier alpha value is -1.49. The van der Waals surface area contributed by atoms with Gasteiger partial charge in [-0.25, -0.2) is 0 Å².